The maximum absolute atomic E-state index is 11.6. The van der Waals surface area contributed by atoms with E-state index in [-0.39, 0.29) is 11.7 Å². The second-order valence-corrected chi connectivity index (χ2v) is 8.10. The van der Waals surface area contributed by atoms with Crippen LogP contribution >= 0.6 is 0 Å². The first-order valence-electron chi connectivity index (χ1n) is 10.8. The molecule has 0 radical (unpaired) electrons. The lowest BCUT2D eigenvalue weighted by Crippen LogP contribution is -2.35. The minimum atomic E-state index is -0.512. The molecule has 0 spiro atoms. The summed E-state index contributed by atoms with van der Waals surface area (Å²) in [4.78, 5) is 20.5. The van der Waals surface area contributed by atoms with Gasteiger partial charge in [-0.3, -0.25) is 9.69 Å². The molecule has 1 atom stereocenters. The van der Waals surface area contributed by atoms with Gasteiger partial charge in [0.15, 0.2) is 0 Å². The Morgan fingerprint density at radius 1 is 1.03 bits per heavy atom. The predicted molar refractivity (Wildman–Crippen MR) is 124 cm³/mol. The maximum atomic E-state index is 11.6. The molecular formula is C26H27N3O3. The van der Waals surface area contributed by atoms with Crippen LogP contribution < -0.4 is 5.56 Å². The lowest BCUT2D eigenvalue weighted by atomic mass is 9.96. The SMILES string of the molecule is CC(Cc1ccc(C#Cc2ccc(CN3CCOCC3)cc2)cc1)c1nc[nH]c(=O)c1O. The molecule has 6 heteroatoms. The highest BCUT2D eigenvalue weighted by molar-refractivity contribution is 5.44. The summed E-state index contributed by atoms with van der Waals surface area (Å²) in [6.07, 6.45) is 1.99. The van der Waals surface area contributed by atoms with Crippen molar-refractivity contribution in [2.75, 3.05) is 26.3 Å². The molecule has 2 N–H and O–H groups in total. The van der Waals surface area contributed by atoms with Crippen LogP contribution in [0.3, 0.4) is 0 Å². The van der Waals surface area contributed by atoms with Gasteiger partial charge >= 0.3 is 0 Å². The van der Waals surface area contributed by atoms with E-state index in [0.29, 0.717) is 12.1 Å². The largest absolute Gasteiger partial charge is 0.502 e. The highest BCUT2D eigenvalue weighted by atomic mass is 16.5. The van der Waals surface area contributed by atoms with E-state index in [0.717, 1.165) is 49.5 Å². The monoisotopic (exact) mass is 429 g/mol. The lowest BCUT2D eigenvalue weighted by molar-refractivity contribution is 0.0342. The first-order chi connectivity index (χ1) is 15.6. The van der Waals surface area contributed by atoms with Crippen molar-refractivity contribution in [3.63, 3.8) is 0 Å². The summed E-state index contributed by atoms with van der Waals surface area (Å²) >= 11 is 0. The van der Waals surface area contributed by atoms with Gasteiger partial charge in [0, 0.05) is 36.7 Å². The molecule has 4 rings (SSSR count). The number of aromatic amines is 1. The van der Waals surface area contributed by atoms with Crippen LogP contribution in [-0.4, -0.2) is 46.3 Å². The molecule has 1 saturated heterocycles. The molecule has 6 nitrogen and oxygen atoms in total. The van der Waals surface area contributed by atoms with Crippen LogP contribution in [0.2, 0.25) is 0 Å². The number of morpholine rings is 1. The molecule has 2 heterocycles. The molecule has 32 heavy (non-hydrogen) atoms. The number of ether oxygens (including phenoxy) is 1. The minimum absolute atomic E-state index is 0.0785. The summed E-state index contributed by atoms with van der Waals surface area (Å²) in [6.45, 7) is 6.48. The van der Waals surface area contributed by atoms with Crippen LogP contribution in [0.25, 0.3) is 0 Å². The van der Waals surface area contributed by atoms with Gasteiger partial charge in [0.25, 0.3) is 5.56 Å². The molecule has 1 aliphatic rings. The number of H-pyrrole nitrogens is 1. The van der Waals surface area contributed by atoms with Crippen molar-refractivity contribution in [2.24, 2.45) is 0 Å². The standard InChI is InChI=1S/C26H27N3O3/c1-19(24-25(30)26(31)28-18-27-24)16-22-8-4-20(5-9-22)2-3-21-6-10-23(11-7-21)17-29-12-14-32-15-13-29/h4-11,18-19,30H,12-17H2,1H3,(H,27,28,31). The fraction of sp³-hybridized carbons (Fsp3) is 0.308. The number of aromatic nitrogens is 2. The zero-order valence-electron chi connectivity index (χ0n) is 18.2. The van der Waals surface area contributed by atoms with Crippen LogP contribution in [0.5, 0.6) is 5.75 Å². The van der Waals surface area contributed by atoms with Gasteiger partial charge in [0.1, 0.15) is 0 Å². The van der Waals surface area contributed by atoms with Crippen LogP contribution in [0.1, 0.15) is 40.8 Å². The van der Waals surface area contributed by atoms with E-state index in [1.54, 1.807) is 0 Å². The van der Waals surface area contributed by atoms with Crippen molar-refractivity contribution in [3.8, 4) is 17.6 Å². The molecule has 0 aliphatic carbocycles. The molecular weight excluding hydrogens is 402 g/mol. The third kappa shape index (κ3) is 5.64. The number of hydrogen-bond donors (Lipinski definition) is 2. The second kappa shape index (κ2) is 10.3. The topological polar surface area (TPSA) is 78.5 Å². The molecule has 0 amide bonds. The van der Waals surface area contributed by atoms with E-state index in [9.17, 15) is 9.90 Å². The number of nitrogens with zero attached hydrogens (tertiary/aromatic N) is 2. The Bertz CT molecular complexity index is 1150. The van der Waals surface area contributed by atoms with Crippen LogP contribution in [-0.2, 0) is 17.7 Å². The van der Waals surface area contributed by atoms with Crippen molar-refractivity contribution >= 4 is 0 Å². The van der Waals surface area contributed by atoms with E-state index < -0.39 is 5.56 Å². The molecule has 1 unspecified atom stereocenters. The molecule has 164 valence electrons. The molecule has 1 aliphatic heterocycles. The van der Waals surface area contributed by atoms with Gasteiger partial charge in [-0.25, -0.2) is 4.98 Å². The molecule has 2 aromatic carbocycles. The normalized spacial score (nSPS) is 15.0. The second-order valence-electron chi connectivity index (χ2n) is 8.10. The van der Waals surface area contributed by atoms with Crippen molar-refractivity contribution < 1.29 is 9.84 Å². The zero-order valence-corrected chi connectivity index (χ0v) is 18.2. The van der Waals surface area contributed by atoms with Crippen molar-refractivity contribution in [3.05, 3.63) is 93.2 Å². The zero-order chi connectivity index (χ0) is 22.3. The van der Waals surface area contributed by atoms with Crippen molar-refractivity contribution in [1.82, 2.24) is 14.9 Å². The van der Waals surface area contributed by atoms with Gasteiger partial charge in [-0.2, -0.15) is 0 Å². The number of hydrogen-bond acceptors (Lipinski definition) is 5. The van der Waals surface area contributed by atoms with Gasteiger partial charge in [0.05, 0.1) is 25.2 Å². The maximum Gasteiger partial charge on any atom is 0.293 e. The molecule has 3 aromatic rings. The third-order valence-corrected chi connectivity index (χ3v) is 5.63. The number of aromatic hydroxyl groups is 1. The molecule has 1 fully saturated rings. The minimum Gasteiger partial charge on any atom is -0.502 e. The Hall–Kier alpha value is -3.40. The quantitative estimate of drug-likeness (QED) is 0.610. The number of rotatable bonds is 5. The average molecular weight is 430 g/mol. The Morgan fingerprint density at radius 3 is 2.25 bits per heavy atom. The van der Waals surface area contributed by atoms with E-state index in [1.807, 2.05) is 31.2 Å². The molecule has 0 saturated carbocycles. The highest BCUT2D eigenvalue weighted by Crippen LogP contribution is 2.23. The Labute approximate surface area is 187 Å². The summed E-state index contributed by atoms with van der Waals surface area (Å²) < 4.78 is 5.40. The van der Waals surface area contributed by atoms with E-state index in [2.05, 4.69) is 51.0 Å². The van der Waals surface area contributed by atoms with E-state index in [4.69, 9.17) is 4.74 Å². The van der Waals surface area contributed by atoms with Gasteiger partial charge in [-0.05, 0) is 41.8 Å². The summed E-state index contributed by atoms with van der Waals surface area (Å²) in [7, 11) is 0. The molecule has 0 bridgehead atoms. The summed E-state index contributed by atoms with van der Waals surface area (Å²) in [5, 5.41) is 9.94. The highest BCUT2D eigenvalue weighted by Gasteiger charge is 2.15. The fourth-order valence-corrected chi connectivity index (χ4v) is 3.80. The fourth-order valence-electron chi connectivity index (χ4n) is 3.80. The van der Waals surface area contributed by atoms with E-state index in [1.165, 1.54) is 11.9 Å². The van der Waals surface area contributed by atoms with Crippen LogP contribution in [0.4, 0.5) is 0 Å². The summed E-state index contributed by atoms with van der Waals surface area (Å²) in [5.74, 6) is 6.06. The smallest absolute Gasteiger partial charge is 0.293 e. The Balaban J connectivity index is 1.36. The summed E-state index contributed by atoms with van der Waals surface area (Å²) in [6, 6.07) is 16.5. The first-order valence-corrected chi connectivity index (χ1v) is 10.8. The van der Waals surface area contributed by atoms with Crippen LogP contribution in [0, 0.1) is 11.8 Å². The van der Waals surface area contributed by atoms with E-state index >= 15 is 0 Å². The van der Waals surface area contributed by atoms with Gasteiger partial charge in [-0.15, -0.1) is 0 Å². The average Bonchev–Trinajstić information content (AvgIpc) is 2.82. The molecule has 1 aromatic heterocycles. The number of nitrogens with one attached hydrogen (secondary N) is 1. The van der Waals surface area contributed by atoms with Gasteiger partial charge in [-0.1, -0.05) is 43.0 Å². The van der Waals surface area contributed by atoms with Crippen molar-refractivity contribution in [2.45, 2.75) is 25.8 Å². The number of benzene rings is 2. The predicted octanol–water partition coefficient (Wildman–Crippen LogP) is 3.05. The van der Waals surface area contributed by atoms with Gasteiger partial charge < -0.3 is 14.8 Å². The Kier molecular flexibility index (Phi) is 7.00. The summed E-state index contributed by atoms with van der Waals surface area (Å²) in [5.41, 5.74) is 4.21. The van der Waals surface area contributed by atoms with Crippen molar-refractivity contribution in [1.29, 1.82) is 0 Å². The van der Waals surface area contributed by atoms with Crippen LogP contribution in [0.15, 0.2) is 59.7 Å². The first kappa shape index (κ1) is 21.8. The Morgan fingerprint density at radius 2 is 1.62 bits per heavy atom. The lowest BCUT2D eigenvalue weighted by Gasteiger charge is -2.26. The van der Waals surface area contributed by atoms with Gasteiger partial charge in [0.2, 0.25) is 5.75 Å². The third-order valence-electron chi connectivity index (χ3n) is 5.63.